The smallest absolute Gasteiger partial charge is 0.292 e. The van der Waals surface area contributed by atoms with Crippen LogP contribution in [-0.2, 0) is 23.4 Å². The molecular weight excluding hydrogens is 496 g/mol. The van der Waals surface area contributed by atoms with Gasteiger partial charge in [-0.15, -0.1) is 0 Å². The van der Waals surface area contributed by atoms with Gasteiger partial charge in [-0.05, 0) is 18.6 Å². The molecule has 0 saturated heterocycles. The summed E-state index contributed by atoms with van der Waals surface area (Å²) in [4.78, 5) is 37.3. The van der Waals surface area contributed by atoms with Gasteiger partial charge < -0.3 is 0 Å². The number of aromatic nitrogens is 2. The lowest BCUT2D eigenvalue weighted by molar-refractivity contribution is -0.144. The summed E-state index contributed by atoms with van der Waals surface area (Å²) in [6.45, 7) is 3.38. The van der Waals surface area contributed by atoms with Crippen molar-refractivity contribution in [1.29, 1.82) is 0 Å². The molecule has 2 aromatic rings. The van der Waals surface area contributed by atoms with Gasteiger partial charge in [0, 0.05) is 26.2 Å². The van der Waals surface area contributed by atoms with Gasteiger partial charge in [-0.3, -0.25) is 14.2 Å². The molecule has 1 amide bonds. The predicted octanol–water partition coefficient (Wildman–Crippen LogP) is 2.05. The molecule has 2 rings (SSSR count). The monoisotopic (exact) mass is 514 g/mol. The second-order valence-corrected chi connectivity index (χ2v) is 8.83. The van der Waals surface area contributed by atoms with E-state index < -0.39 is 61.3 Å². The molecular formula is C18H19ClF4N4O5S. The lowest BCUT2D eigenvalue weighted by Gasteiger charge is -2.20. The van der Waals surface area contributed by atoms with Crippen LogP contribution in [0.1, 0.15) is 36.3 Å². The summed E-state index contributed by atoms with van der Waals surface area (Å²) in [7, 11) is -3.58. The first kappa shape index (κ1) is 26.5. The van der Waals surface area contributed by atoms with E-state index in [1.165, 1.54) is 6.92 Å². The Labute approximate surface area is 190 Å². The summed E-state index contributed by atoms with van der Waals surface area (Å²) in [5, 5.41) is -0.556. The highest BCUT2D eigenvalue weighted by Crippen LogP contribution is 2.27. The van der Waals surface area contributed by atoms with Crippen molar-refractivity contribution in [1.82, 2.24) is 18.2 Å². The van der Waals surface area contributed by atoms with Crippen molar-refractivity contribution >= 4 is 27.7 Å². The molecule has 15 heteroatoms. The Hall–Kier alpha value is -2.71. The third-order valence-corrected chi connectivity index (χ3v) is 6.40. The van der Waals surface area contributed by atoms with E-state index in [4.69, 9.17) is 11.6 Å². The molecule has 182 valence electrons. The molecule has 0 radical (unpaired) electrons. The molecule has 0 saturated carbocycles. The van der Waals surface area contributed by atoms with Crippen LogP contribution in [0.3, 0.4) is 0 Å². The third kappa shape index (κ3) is 5.45. The summed E-state index contributed by atoms with van der Waals surface area (Å²) in [5.74, 6) is -2.60. The summed E-state index contributed by atoms with van der Waals surface area (Å²) in [6, 6.07) is 1.23. The zero-order valence-electron chi connectivity index (χ0n) is 17.5. The number of amides is 1. The van der Waals surface area contributed by atoms with E-state index in [0.717, 1.165) is 11.4 Å². The fourth-order valence-corrected chi connectivity index (χ4v) is 4.41. The second-order valence-electron chi connectivity index (χ2n) is 6.75. The van der Waals surface area contributed by atoms with E-state index in [-0.39, 0.29) is 28.3 Å². The van der Waals surface area contributed by atoms with Crippen LogP contribution in [0.25, 0.3) is 5.69 Å². The highest BCUT2D eigenvalue weighted by atomic mass is 35.5. The van der Waals surface area contributed by atoms with E-state index in [2.05, 4.69) is 0 Å². The molecule has 1 aromatic heterocycles. The molecule has 0 bridgehead atoms. The van der Waals surface area contributed by atoms with Gasteiger partial charge in [-0.25, -0.2) is 18.5 Å². The van der Waals surface area contributed by atoms with Crippen LogP contribution < -0.4 is 16.0 Å². The molecule has 1 N–H and O–H groups in total. The average Bonchev–Trinajstić information content (AvgIpc) is 2.68. The number of nitrogens with one attached hydrogen (secondary N) is 1. The van der Waals surface area contributed by atoms with Crippen molar-refractivity contribution in [2.24, 2.45) is 7.05 Å². The zero-order chi connectivity index (χ0) is 25.3. The van der Waals surface area contributed by atoms with Crippen LogP contribution in [0.2, 0.25) is 5.02 Å². The third-order valence-electron chi connectivity index (χ3n) is 4.52. The highest BCUT2D eigenvalue weighted by Gasteiger charge is 2.35. The van der Waals surface area contributed by atoms with E-state index >= 15 is 0 Å². The van der Waals surface area contributed by atoms with Gasteiger partial charge >= 0.3 is 22.1 Å². The molecule has 9 nitrogen and oxygen atoms in total. The Bertz CT molecular complexity index is 1300. The molecule has 0 aliphatic carbocycles. The number of benzene rings is 1. The van der Waals surface area contributed by atoms with Gasteiger partial charge in [0.15, 0.2) is 0 Å². The van der Waals surface area contributed by atoms with Gasteiger partial charge in [0.1, 0.15) is 11.5 Å². The zero-order valence-corrected chi connectivity index (χ0v) is 19.1. The van der Waals surface area contributed by atoms with E-state index in [1.54, 1.807) is 11.6 Å². The molecule has 1 heterocycles. The molecule has 0 aliphatic heterocycles. The number of carbonyl (C=O) groups is 1. The molecule has 0 atom stereocenters. The average molecular weight is 515 g/mol. The van der Waals surface area contributed by atoms with Crippen molar-refractivity contribution in [3.8, 4) is 5.69 Å². The lowest BCUT2D eigenvalue weighted by Crippen LogP contribution is -2.44. The summed E-state index contributed by atoms with van der Waals surface area (Å²) < 4.78 is 81.4. The van der Waals surface area contributed by atoms with Crippen molar-refractivity contribution in [2.45, 2.75) is 26.4 Å². The van der Waals surface area contributed by atoms with Crippen LogP contribution in [0.5, 0.6) is 0 Å². The first-order valence-corrected chi connectivity index (χ1v) is 11.2. The maximum Gasteiger partial charge on any atom is 0.431 e. The van der Waals surface area contributed by atoms with Crippen molar-refractivity contribution in [3.63, 3.8) is 0 Å². The number of rotatable bonds is 7. The number of nitrogens with zero attached hydrogens (tertiary/aromatic N) is 3. The first-order chi connectivity index (χ1) is 15.2. The normalized spacial score (nSPS) is 12.3. The van der Waals surface area contributed by atoms with Crippen molar-refractivity contribution in [3.05, 3.63) is 61.1 Å². The standard InChI is InChI=1S/C18H19ClF4N4O5S/c1-4-6-26(5-2)33(31,32)24-16(29)10-7-13(12(20)8-11(10)19)27-15(28)9-14(18(21,22)23)25(3)17(27)30/h7-9H,4-6H2,1-3H3,(H,24,29). The van der Waals surface area contributed by atoms with Crippen LogP contribution in [-0.4, -0.2) is 40.9 Å². The van der Waals surface area contributed by atoms with Crippen LogP contribution in [0, 0.1) is 5.82 Å². The maximum absolute atomic E-state index is 14.6. The number of carbonyl (C=O) groups excluding carboxylic acids is 1. The van der Waals surface area contributed by atoms with Gasteiger partial charge in [0.25, 0.3) is 11.5 Å². The fraction of sp³-hybridized carbons (Fsp3) is 0.389. The quantitative estimate of drug-likeness (QED) is 0.569. The van der Waals surface area contributed by atoms with Crippen molar-refractivity contribution in [2.75, 3.05) is 13.1 Å². The van der Waals surface area contributed by atoms with Crippen molar-refractivity contribution < 1.29 is 30.8 Å². The summed E-state index contributed by atoms with van der Waals surface area (Å²) >= 11 is 5.85. The topological polar surface area (TPSA) is 110 Å². The van der Waals surface area contributed by atoms with Crippen LogP contribution in [0.4, 0.5) is 17.6 Å². The number of alkyl halides is 3. The minimum Gasteiger partial charge on any atom is -0.292 e. The van der Waals surface area contributed by atoms with E-state index in [1.807, 2.05) is 0 Å². The molecule has 0 unspecified atom stereocenters. The van der Waals surface area contributed by atoms with Crippen LogP contribution in [0.15, 0.2) is 27.8 Å². The Morgan fingerprint density at radius 1 is 1.18 bits per heavy atom. The van der Waals surface area contributed by atoms with Gasteiger partial charge in [-0.2, -0.15) is 25.9 Å². The number of halogens is 5. The first-order valence-electron chi connectivity index (χ1n) is 9.37. The largest absolute Gasteiger partial charge is 0.431 e. The Morgan fingerprint density at radius 2 is 1.79 bits per heavy atom. The maximum atomic E-state index is 14.6. The molecule has 1 aromatic carbocycles. The minimum absolute atomic E-state index is 0.0375. The van der Waals surface area contributed by atoms with Crippen LogP contribution >= 0.6 is 11.6 Å². The Morgan fingerprint density at radius 3 is 2.30 bits per heavy atom. The highest BCUT2D eigenvalue weighted by molar-refractivity contribution is 7.87. The molecule has 0 fully saturated rings. The lowest BCUT2D eigenvalue weighted by atomic mass is 10.1. The number of hydrogen-bond acceptors (Lipinski definition) is 5. The van der Waals surface area contributed by atoms with Gasteiger partial charge in [0.05, 0.1) is 16.3 Å². The van der Waals surface area contributed by atoms with Gasteiger partial charge in [0.2, 0.25) is 0 Å². The number of hydrogen-bond donors (Lipinski definition) is 1. The van der Waals surface area contributed by atoms with E-state index in [9.17, 15) is 40.4 Å². The minimum atomic E-state index is -5.03. The molecule has 33 heavy (non-hydrogen) atoms. The molecule has 0 spiro atoms. The predicted molar refractivity (Wildman–Crippen MR) is 111 cm³/mol. The Balaban J connectivity index is 2.64. The fourth-order valence-electron chi connectivity index (χ4n) is 2.94. The summed E-state index contributed by atoms with van der Waals surface area (Å²) in [5.41, 5.74) is -6.15. The van der Waals surface area contributed by atoms with E-state index in [0.29, 0.717) is 18.6 Å². The molecule has 0 aliphatic rings. The SMILES string of the molecule is CCCN(CC)S(=O)(=O)NC(=O)c1cc(-n2c(=O)cc(C(F)(F)F)n(C)c2=O)c(F)cc1Cl. The Kier molecular flexibility index (Phi) is 7.76. The second kappa shape index (κ2) is 9.65. The summed E-state index contributed by atoms with van der Waals surface area (Å²) in [6.07, 6.45) is -4.59. The van der Waals surface area contributed by atoms with Gasteiger partial charge in [-0.1, -0.05) is 25.4 Å².